The SMILES string of the molecule is CCOc1ccc(Cl)cc1CNCc1cccs1.[Cl-]. The Balaban J connectivity index is 0.00000180. The van der Waals surface area contributed by atoms with Crippen molar-refractivity contribution >= 4 is 22.9 Å². The summed E-state index contributed by atoms with van der Waals surface area (Å²) in [4.78, 5) is 1.33. The number of rotatable bonds is 6. The van der Waals surface area contributed by atoms with Crippen molar-refractivity contribution in [3.8, 4) is 5.75 Å². The minimum Gasteiger partial charge on any atom is -1.00 e. The lowest BCUT2D eigenvalue weighted by Crippen LogP contribution is -3.00. The van der Waals surface area contributed by atoms with Crippen LogP contribution >= 0.6 is 22.9 Å². The third-order valence-electron chi connectivity index (χ3n) is 2.52. The molecule has 0 unspecified atom stereocenters. The van der Waals surface area contributed by atoms with Crippen LogP contribution < -0.4 is 22.5 Å². The van der Waals surface area contributed by atoms with E-state index in [0.29, 0.717) is 6.61 Å². The number of halogens is 2. The summed E-state index contributed by atoms with van der Waals surface area (Å²) in [6.45, 7) is 4.28. The fourth-order valence-electron chi connectivity index (χ4n) is 1.72. The first-order valence-corrected chi connectivity index (χ1v) is 7.19. The Bertz CT molecular complexity index is 488. The first kappa shape index (κ1) is 16.3. The molecule has 104 valence electrons. The number of thiophene rings is 1. The van der Waals surface area contributed by atoms with E-state index in [-0.39, 0.29) is 12.4 Å². The van der Waals surface area contributed by atoms with Crippen molar-refractivity contribution in [2.24, 2.45) is 0 Å². The minimum absolute atomic E-state index is 0. The van der Waals surface area contributed by atoms with Crippen LogP contribution in [0.2, 0.25) is 5.02 Å². The standard InChI is InChI=1S/C14H16ClNOS.ClH/c1-2-17-14-6-5-12(15)8-11(14)9-16-10-13-4-3-7-18-13;/h3-8,16H,2,9-10H2,1H3;1H/p-1. The molecule has 0 aliphatic carbocycles. The van der Waals surface area contributed by atoms with Gasteiger partial charge in [-0.15, -0.1) is 11.3 Å². The van der Waals surface area contributed by atoms with Crippen molar-refractivity contribution < 1.29 is 17.1 Å². The fraction of sp³-hybridized carbons (Fsp3) is 0.286. The molecular weight excluding hydrogens is 301 g/mol. The molecule has 0 spiro atoms. The Hall–Kier alpha value is -0.740. The molecule has 1 aromatic heterocycles. The van der Waals surface area contributed by atoms with Gasteiger partial charge in [0.25, 0.3) is 0 Å². The summed E-state index contributed by atoms with van der Waals surface area (Å²) in [5, 5.41) is 6.23. The lowest BCUT2D eigenvalue weighted by atomic mass is 10.2. The Labute approximate surface area is 129 Å². The van der Waals surface area contributed by atoms with E-state index >= 15 is 0 Å². The quantitative estimate of drug-likeness (QED) is 0.861. The second-order valence-corrected chi connectivity index (χ2v) is 5.34. The predicted molar refractivity (Wildman–Crippen MR) is 77.5 cm³/mol. The smallest absolute Gasteiger partial charge is 0.123 e. The highest BCUT2D eigenvalue weighted by atomic mass is 35.5. The zero-order valence-corrected chi connectivity index (χ0v) is 13.0. The van der Waals surface area contributed by atoms with E-state index in [9.17, 15) is 0 Å². The van der Waals surface area contributed by atoms with Gasteiger partial charge < -0.3 is 22.5 Å². The lowest BCUT2D eigenvalue weighted by molar-refractivity contribution is -0.00000405. The lowest BCUT2D eigenvalue weighted by Gasteiger charge is -2.11. The molecule has 0 saturated carbocycles. The molecule has 2 rings (SSSR count). The van der Waals surface area contributed by atoms with E-state index < -0.39 is 0 Å². The van der Waals surface area contributed by atoms with Crippen LogP contribution in [0.3, 0.4) is 0 Å². The van der Waals surface area contributed by atoms with Crippen molar-refractivity contribution in [3.63, 3.8) is 0 Å². The van der Waals surface area contributed by atoms with Crippen LogP contribution in [0.15, 0.2) is 35.7 Å². The normalized spacial score (nSPS) is 10.0. The Kier molecular flexibility index (Phi) is 7.24. The van der Waals surface area contributed by atoms with Crippen LogP contribution in [-0.2, 0) is 13.1 Å². The molecule has 1 heterocycles. The second-order valence-electron chi connectivity index (χ2n) is 3.87. The third-order valence-corrected chi connectivity index (χ3v) is 3.63. The molecule has 19 heavy (non-hydrogen) atoms. The van der Waals surface area contributed by atoms with E-state index in [1.165, 1.54) is 4.88 Å². The van der Waals surface area contributed by atoms with E-state index in [4.69, 9.17) is 16.3 Å². The van der Waals surface area contributed by atoms with Crippen molar-refractivity contribution in [2.45, 2.75) is 20.0 Å². The average molecular weight is 317 g/mol. The van der Waals surface area contributed by atoms with Gasteiger partial charge in [0.1, 0.15) is 5.75 Å². The highest BCUT2D eigenvalue weighted by molar-refractivity contribution is 7.09. The fourth-order valence-corrected chi connectivity index (χ4v) is 2.59. The molecule has 0 fully saturated rings. The second kappa shape index (κ2) is 8.43. The van der Waals surface area contributed by atoms with Crippen LogP contribution in [0, 0.1) is 0 Å². The van der Waals surface area contributed by atoms with Crippen molar-refractivity contribution in [1.29, 1.82) is 0 Å². The number of benzene rings is 1. The van der Waals surface area contributed by atoms with Gasteiger partial charge in [-0.25, -0.2) is 0 Å². The molecule has 0 bridgehead atoms. The van der Waals surface area contributed by atoms with Crippen molar-refractivity contribution in [1.82, 2.24) is 5.32 Å². The summed E-state index contributed by atoms with van der Waals surface area (Å²) in [6, 6.07) is 9.92. The Morgan fingerprint density at radius 3 is 2.79 bits per heavy atom. The first-order chi connectivity index (χ1) is 8.79. The highest BCUT2D eigenvalue weighted by Gasteiger charge is 2.04. The van der Waals surface area contributed by atoms with Gasteiger partial charge in [0, 0.05) is 28.6 Å². The first-order valence-electron chi connectivity index (χ1n) is 5.94. The summed E-state index contributed by atoms with van der Waals surface area (Å²) in [5.41, 5.74) is 1.10. The van der Waals surface area contributed by atoms with Gasteiger partial charge in [0.15, 0.2) is 0 Å². The van der Waals surface area contributed by atoms with E-state index in [0.717, 1.165) is 29.4 Å². The summed E-state index contributed by atoms with van der Waals surface area (Å²) < 4.78 is 5.58. The summed E-state index contributed by atoms with van der Waals surface area (Å²) in [5.74, 6) is 0.903. The van der Waals surface area contributed by atoms with Gasteiger partial charge in [0.05, 0.1) is 6.61 Å². The average Bonchev–Trinajstić information content (AvgIpc) is 2.86. The zero-order valence-electron chi connectivity index (χ0n) is 10.7. The molecule has 0 amide bonds. The van der Waals surface area contributed by atoms with Gasteiger partial charge in [-0.2, -0.15) is 0 Å². The van der Waals surface area contributed by atoms with Gasteiger partial charge in [-0.1, -0.05) is 17.7 Å². The maximum Gasteiger partial charge on any atom is 0.123 e. The number of nitrogens with one attached hydrogen (secondary N) is 1. The number of hydrogen-bond donors (Lipinski definition) is 1. The van der Waals surface area contributed by atoms with Gasteiger partial charge in [-0.05, 0) is 36.6 Å². The van der Waals surface area contributed by atoms with Crippen LogP contribution in [0.25, 0.3) is 0 Å². The monoisotopic (exact) mass is 316 g/mol. The van der Waals surface area contributed by atoms with Gasteiger partial charge in [-0.3, -0.25) is 0 Å². The van der Waals surface area contributed by atoms with E-state index in [2.05, 4.69) is 22.8 Å². The summed E-state index contributed by atoms with van der Waals surface area (Å²) >= 11 is 7.77. The highest BCUT2D eigenvalue weighted by Crippen LogP contribution is 2.23. The minimum atomic E-state index is 0. The summed E-state index contributed by atoms with van der Waals surface area (Å²) in [6.07, 6.45) is 0. The molecule has 1 N–H and O–H groups in total. The maximum atomic E-state index is 6.01. The van der Waals surface area contributed by atoms with Crippen molar-refractivity contribution in [3.05, 3.63) is 51.2 Å². The summed E-state index contributed by atoms with van der Waals surface area (Å²) in [7, 11) is 0. The van der Waals surface area contributed by atoms with Crippen LogP contribution in [0.1, 0.15) is 17.4 Å². The van der Waals surface area contributed by atoms with Crippen LogP contribution in [0.4, 0.5) is 0 Å². The number of hydrogen-bond acceptors (Lipinski definition) is 3. The maximum absolute atomic E-state index is 6.01. The van der Waals surface area contributed by atoms with Gasteiger partial charge >= 0.3 is 0 Å². The van der Waals surface area contributed by atoms with Crippen LogP contribution in [0.5, 0.6) is 5.75 Å². The zero-order chi connectivity index (χ0) is 12.8. The predicted octanol–water partition coefficient (Wildman–Crippen LogP) is 1.09. The molecule has 0 aliphatic rings. The third kappa shape index (κ3) is 5.03. The molecule has 0 atom stereocenters. The molecule has 0 aliphatic heterocycles. The molecule has 2 nitrogen and oxygen atoms in total. The Morgan fingerprint density at radius 2 is 2.11 bits per heavy atom. The molecule has 1 aromatic carbocycles. The van der Waals surface area contributed by atoms with Gasteiger partial charge in [0.2, 0.25) is 0 Å². The van der Waals surface area contributed by atoms with E-state index in [1.54, 1.807) is 11.3 Å². The molecule has 0 radical (unpaired) electrons. The van der Waals surface area contributed by atoms with Crippen LogP contribution in [-0.4, -0.2) is 6.61 Å². The largest absolute Gasteiger partial charge is 1.00 e. The Morgan fingerprint density at radius 1 is 1.26 bits per heavy atom. The topological polar surface area (TPSA) is 21.3 Å². The molecule has 5 heteroatoms. The van der Waals surface area contributed by atoms with E-state index in [1.807, 2.05) is 25.1 Å². The van der Waals surface area contributed by atoms with Crippen molar-refractivity contribution in [2.75, 3.05) is 6.61 Å². The molecular formula is C14H16Cl2NOS-. The molecule has 0 saturated heterocycles. The molecule has 2 aromatic rings. The number of ether oxygens (including phenoxy) is 1.